The predicted octanol–water partition coefficient (Wildman–Crippen LogP) is 5.17. The minimum Gasteiger partial charge on any atom is -0.310 e. The van der Waals surface area contributed by atoms with E-state index in [1.807, 2.05) is 0 Å². The Labute approximate surface area is 125 Å². The highest BCUT2D eigenvalue weighted by Crippen LogP contribution is 2.30. The summed E-state index contributed by atoms with van der Waals surface area (Å²) >= 11 is 0. The van der Waals surface area contributed by atoms with Gasteiger partial charge in [-0.05, 0) is 62.3 Å². The van der Waals surface area contributed by atoms with Crippen molar-refractivity contribution in [2.45, 2.75) is 65.8 Å². The van der Waals surface area contributed by atoms with E-state index in [9.17, 15) is 0 Å². The van der Waals surface area contributed by atoms with Gasteiger partial charge < -0.3 is 5.32 Å². The van der Waals surface area contributed by atoms with Crippen molar-refractivity contribution in [1.82, 2.24) is 5.32 Å². The summed E-state index contributed by atoms with van der Waals surface area (Å²) in [5.74, 6) is 1.93. The highest BCUT2D eigenvalue weighted by Gasteiger charge is 2.17. The average molecular weight is 273 g/mol. The molecule has 1 nitrogen and oxygen atoms in total. The highest BCUT2D eigenvalue weighted by molar-refractivity contribution is 5.31. The van der Waals surface area contributed by atoms with Gasteiger partial charge in [0, 0.05) is 6.04 Å². The van der Waals surface area contributed by atoms with Crippen molar-refractivity contribution >= 4 is 0 Å². The zero-order valence-corrected chi connectivity index (χ0v) is 13.7. The number of rotatable bonds is 5. The Balaban J connectivity index is 1.74. The molecule has 1 aliphatic carbocycles. The van der Waals surface area contributed by atoms with E-state index in [0.717, 1.165) is 18.4 Å². The second-order valence-electron chi connectivity index (χ2n) is 6.93. The predicted molar refractivity (Wildman–Crippen MR) is 88.1 cm³/mol. The van der Waals surface area contributed by atoms with Crippen LogP contribution in [0.4, 0.5) is 0 Å². The van der Waals surface area contributed by atoms with E-state index in [1.54, 1.807) is 0 Å². The highest BCUT2D eigenvalue weighted by atomic mass is 14.9. The van der Waals surface area contributed by atoms with Crippen LogP contribution < -0.4 is 5.32 Å². The smallest absolute Gasteiger partial charge is 0.0291 e. The van der Waals surface area contributed by atoms with Gasteiger partial charge >= 0.3 is 0 Å². The van der Waals surface area contributed by atoms with Crippen molar-refractivity contribution in [1.29, 1.82) is 0 Å². The van der Waals surface area contributed by atoms with Crippen LogP contribution in [0, 0.1) is 25.7 Å². The lowest BCUT2D eigenvalue weighted by molar-refractivity contribution is 0.273. The normalized spacial score (nSPS) is 24.6. The molecule has 112 valence electrons. The number of hydrogen-bond donors (Lipinski definition) is 1. The molecule has 1 unspecified atom stereocenters. The van der Waals surface area contributed by atoms with Crippen molar-refractivity contribution in [3.05, 3.63) is 34.9 Å². The molecular weight excluding hydrogens is 242 g/mol. The fraction of sp³-hybridized carbons (Fsp3) is 0.684. The van der Waals surface area contributed by atoms with Crippen molar-refractivity contribution < 1.29 is 0 Å². The lowest BCUT2D eigenvalue weighted by Crippen LogP contribution is -2.23. The number of hydrogen-bond acceptors (Lipinski definition) is 1. The van der Waals surface area contributed by atoms with Gasteiger partial charge in [-0.3, -0.25) is 0 Å². The zero-order valence-electron chi connectivity index (χ0n) is 13.7. The number of nitrogens with one attached hydrogen (secondary N) is 1. The molecule has 0 spiro atoms. The summed E-state index contributed by atoms with van der Waals surface area (Å²) in [5.41, 5.74) is 4.21. The molecule has 1 saturated carbocycles. The largest absolute Gasteiger partial charge is 0.310 e. The molecule has 0 bridgehead atoms. The molecule has 1 aliphatic rings. The second-order valence-corrected chi connectivity index (χ2v) is 6.93. The summed E-state index contributed by atoms with van der Waals surface area (Å²) < 4.78 is 0. The molecule has 1 atom stereocenters. The van der Waals surface area contributed by atoms with Gasteiger partial charge in [0.25, 0.3) is 0 Å². The van der Waals surface area contributed by atoms with Gasteiger partial charge in [0.15, 0.2) is 0 Å². The van der Waals surface area contributed by atoms with Crippen LogP contribution in [0.25, 0.3) is 0 Å². The van der Waals surface area contributed by atoms with Crippen LogP contribution in [0.1, 0.15) is 68.7 Å². The van der Waals surface area contributed by atoms with Crippen LogP contribution >= 0.6 is 0 Å². The van der Waals surface area contributed by atoms with E-state index in [1.165, 1.54) is 48.8 Å². The topological polar surface area (TPSA) is 12.0 Å². The first-order valence-corrected chi connectivity index (χ1v) is 8.36. The summed E-state index contributed by atoms with van der Waals surface area (Å²) in [5, 5.41) is 3.70. The van der Waals surface area contributed by atoms with E-state index in [0.29, 0.717) is 6.04 Å². The van der Waals surface area contributed by atoms with Crippen LogP contribution in [0.2, 0.25) is 0 Å². The number of aryl methyl sites for hydroxylation is 2. The molecule has 1 N–H and O–H groups in total. The van der Waals surface area contributed by atoms with Gasteiger partial charge in [-0.15, -0.1) is 0 Å². The summed E-state index contributed by atoms with van der Waals surface area (Å²) in [6, 6.07) is 7.31. The first-order valence-electron chi connectivity index (χ1n) is 8.36. The molecule has 1 heteroatoms. The second kappa shape index (κ2) is 7.26. The molecule has 2 rings (SSSR count). The molecule has 20 heavy (non-hydrogen) atoms. The van der Waals surface area contributed by atoms with Gasteiger partial charge in [0.2, 0.25) is 0 Å². The molecule has 0 aromatic heterocycles. The molecule has 0 heterocycles. The molecular formula is C19H31N. The third kappa shape index (κ3) is 4.34. The molecule has 0 radical (unpaired) electrons. The summed E-state index contributed by atoms with van der Waals surface area (Å²) in [7, 11) is 0. The molecule has 1 aromatic rings. The van der Waals surface area contributed by atoms with Crippen LogP contribution in [0.3, 0.4) is 0 Å². The Morgan fingerprint density at radius 3 is 2.45 bits per heavy atom. The van der Waals surface area contributed by atoms with Crippen LogP contribution in [-0.2, 0) is 0 Å². The Bertz CT molecular complexity index is 416. The van der Waals surface area contributed by atoms with Gasteiger partial charge in [-0.25, -0.2) is 0 Å². The summed E-state index contributed by atoms with van der Waals surface area (Å²) in [6.07, 6.45) is 7.12. The van der Waals surface area contributed by atoms with Crippen molar-refractivity contribution in [2.24, 2.45) is 11.8 Å². The molecule has 0 amide bonds. The van der Waals surface area contributed by atoms with E-state index >= 15 is 0 Å². The standard InChI is InChI=1S/C19H31N/c1-14-5-8-18(9-6-14)11-12-20-17(4)19-10-7-15(2)16(3)13-19/h7,10,13-14,17-18,20H,5-6,8-9,11-12H2,1-4H3. The monoisotopic (exact) mass is 273 g/mol. The van der Waals surface area contributed by atoms with Gasteiger partial charge in [-0.2, -0.15) is 0 Å². The first kappa shape index (κ1) is 15.6. The maximum atomic E-state index is 3.70. The Morgan fingerprint density at radius 1 is 1.10 bits per heavy atom. The summed E-state index contributed by atoms with van der Waals surface area (Å²) in [4.78, 5) is 0. The Morgan fingerprint density at radius 2 is 1.80 bits per heavy atom. The molecule has 0 saturated heterocycles. The third-order valence-corrected chi connectivity index (χ3v) is 5.17. The van der Waals surface area contributed by atoms with Crippen LogP contribution in [0.5, 0.6) is 0 Å². The fourth-order valence-corrected chi connectivity index (χ4v) is 3.27. The third-order valence-electron chi connectivity index (χ3n) is 5.17. The minimum atomic E-state index is 0.469. The Hall–Kier alpha value is -0.820. The van der Waals surface area contributed by atoms with E-state index < -0.39 is 0 Å². The van der Waals surface area contributed by atoms with E-state index in [-0.39, 0.29) is 0 Å². The maximum absolute atomic E-state index is 3.70. The van der Waals surface area contributed by atoms with Crippen LogP contribution in [-0.4, -0.2) is 6.54 Å². The first-order chi connectivity index (χ1) is 9.56. The fourth-order valence-electron chi connectivity index (χ4n) is 3.27. The van der Waals surface area contributed by atoms with E-state index in [2.05, 4.69) is 51.2 Å². The quantitative estimate of drug-likeness (QED) is 0.780. The van der Waals surface area contributed by atoms with Gasteiger partial charge in [0.1, 0.15) is 0 Å². The van der Waals surface area contributed by atoms with Crippen molar-refractivity contribution in [2.75, 3.05) is 6.54 Å². The SMILES string of the molecule is Cc1ccc(C(C)NCCC2CCC(C)CC2)cc1C. The van der Waals surface area contributed by atoms with E-state index in [4.69, 9.17) is 0 Å². The zero-order chi connectivity index (χ0) is 14.5. The average Bonchev–Trinajstić information content (AvgIpc) is 2.44. The minimum absolute atomic E-state index is 0.469. The summed E-state index contributed by atoms with van der Waals surface area (Å²) in [6.45, 7) is 10.2. The maximum Gasteiger partial charge on any atom is 0.0291 e. The van der Waals surface area contributed by atoms with Gasteiger partial charge in [0.05, 0.1) is 0 Å². The lowest BCUT2D eigenvalue weighted by atomic mass is 9.81. The van der Waals surface area contributed by atoms with Crippen LogP contribution in [0.15, 0.2) is 18.2 Å². The van der Waals surface area contributed by atoms with Gasteiger partial charge in [-0.1, -0.05) is 50.8 Å². The molecule has 0 aliphatic heterocycles. The number of benzene rings is 1. The lowest BCUT2D eigenvalue weighted by Gasteiger charge is -2.26. The molecule has 1 fully saturated rings. The van der Waals surface area contributed by atoms with Crippen molar-refractivity contribution in [3.63, 3.8) is 0 Å². The molecule has 1 aromatic carbocycles. The Kier molecular flexibility index (Phi) is 5.65. The van der Waals surface area contributed by atoms with Crippen molar-refractivity contribution in [3.8, 4) is 0 Å².